The van der Waals surface area contributed by atoms with Gasteiger partial charge in [-0.3, -0.25) is 0 Å². The van der Waals surface area contributed by atoms with Gasteiger partial charge in [-0.1, -0.05) is 78.4 Å². The van der Waals surface area contributed by atoms with Gasteiger partial charge < -0.3 is 0 Å². The molecule has 4 heteroatoms. The van der Waals surface area contributed by atoms with Crippen molar-refractivity contribution in [2.45, 2.75) is 6.92 Å². The van der Waals surface area contributed by atoms with Crippen LogP contribution in [0.2, 0.25) is 0 Å². The molecule has 0 aliphatic carbocycles. The van der Waals surface area contributed by atoms with Gasteiger partial charge in [0.15, 0.2) is 11.4 Å². The van der Waals surface area contributed by atoms with Gasteiger partial charge in [-0.05, 0) is 35.1 Å². The Hall–Kier alpha value is -4.54. The summed E-state index contributed by atoms with van der Waals surface area (Å²) in [5.74, 6) is 0. The first kappa shape index (κ1) is 18.5. The van der Waals surface area contributed by atoms with Crippen LogP contribution in [0.4, 0.5) is 0 Å². The summed E-state index contributed by atoms with van der Waals surface area (Å²) in [5.41, 5.74) is 6.42. The van der Waals surface area contributed by atoms with Crippen LogP contribution in [-0.2, 0) is 0 Å². The molecule has 0 saturated carbocycles. The highest BCUT2D eigenvalue weighted by Crippen LogP contribution is 2.43. The lowest BCUT2D eigenvalue weighted by Gasteiger charge is -2.18. The standard InChI is InChI=1S/C27H16N4/c1-17-12-13-20-21(14-17)26-27(31-23(16-29)22(15-28)30-26)25(19-10-6-3-7-11-19)24(20)18-8-4-2-5-9-18/h2-14H,1H3. The Morgan fingerprint density at radius 3 is 1.74 bits per heavy atom. The maximum atomic E-state index is 9.61. The molecular formula is C27H16N4. The molecule has 0 unspecified atom stereocenters. The molecule has 0 aliphatic heterocycles. The fraction of sp³-hybridized carbons (Fsp3) is 0.0370. The first-order chi connectivity index (χ1) is 15.2. The summed E-state index contributed by atoms with van der Waals surface area (Å²) < 4.78 is 0. The van der Waals surface area contributed by atoms with Crippen molar-refractivity contribution in [2.24, 2.45) is 0 Å². The van der Waals surface area contributed by atoms with Gasteiger partial charge in [-0.2, -0.15) is 10.5 Å². The number of hydrogen-bond acceptors (Lipinski definition) is 4. The molecule has 0 N–H and O–H groups in total. The molecule has 0 aliphatic rings. The number of fused-ring (bicyclic) bond motifs is 3. The molecule has 0 spiro atoms. The normalized spacial score (nSPS) is 10.7. The third-order valence-corrected chi connectivity index (χ3v) is 5.42. The maximum absolute atomic E-state index is 9.61. The van der Waals surface area contributed by atoms with Crippen molar-refractivity contribution in [1.82, 2.24) is 9.97 Å². The van der Waals surface area contributed by atoms with E-state index in [4.69, 9.17) is 0 Å². The molecule has 4 nitrogen and oxygen atoms in total. The van der Waals surface area contributed by atoms with Crippen molar-refractivity contribution in [3.05, 3.63) is 95.8 Å². The smallest absolute Gasteiger partial charge is 0.177 e. The molecule has 0 bridgehead atoms. The zero-order valence-corrected chi connectivity index (χ0v) is 16.8. The SMILES string of the molecule is Cc1ccc2c(-c3ccccc3)c(-c3ccccc3)c3nc(C#N)c(C#N)nc3c2c1. The zero-order chi connectivity index (χ0) is 21.4. The van der Waals surface area contributed by atoms with Crippen LogP contribution in [0.15, 0.2) is 78.9 Å². The van der Waals surface area contributed by atoms with E-state index >= 15 is 0 Å². The second-order valence-corrected chi connectivity index (χ2v) is 7.37. The predicted octanol–water partition coefficient (Wildman–Crippen LogP) is 6.17. The fourth-order valence-corrected chi connectivity index (χ4v) is 4.07. The number of aryl methyl sites for hydroxylation is 1. The Balaban J connectivity index is 2.10. The summed E-state index contributed by atoms with van der Waals surface area (Å²) in [7, 11) is 0. The van der Waals surface area contributed by atoms with Crippen molar-refractivity contribution in [1.29, 1.82) is 10.5 Å². The third kappa shape index (κ3) is 2.99. The van der Waals surface area contributed by atoms with E-state index in [1.807, 2.05) is 67.6 Å². The molecule has 0 atom stereocenters. The lowest BCUT2D eigenvalue weighted by atomic mass is 9.87. The Labute approximate surface area is 179 Å². The lowest BCUT2D eigenvalue weighted by Crippen LogP contribution is -2.00. The fourth-order valence-electron chi connectivity index (χ4n) is 4.07. The second-order valence-electron chi connectivity index (χ2n) is 7.37. The average molecular weight is 396 g/mol. The third-order valence-electron chi connectivity index (χ3n) is 5.42. The van der Waals surface area contributed by atoms with Gasteiger partial charge in [0.1, 0.15) is 12.1 Å². The molecule has 4 aromatic carbocycles. The average Bonchev–Trinajstić information content (AvgIpc) is 2.83. The summed E-state index contributed by atoms with van der Waals surface area (Å²) in [4.78, 5) is 9.27. The molecule has 0 amide bonds. The highest BCUT2D eigenvalue weighted by Gasteiger charge is 2.21. The summed E-state index contributed by atoms with van der Waals surface area (Å²) in [5, 5.41) is 21.1. The molecule has 0 saturated heterocycles. The summed E-state index contributed by atoms with van der Waals surface area (Å²) in [6, 6.07) is 30.5. The Morgan fingerprint density at radius 1 is 0.613 bits per heavy atom. The van der Waals surface area contributed by atoms with Gasteiger partial charge in [-0.15, -0.1) is 0 Å². The Bertz CT molecular complexity index is 1540. The van der Waals surface area contributed by atoms with Crippen LogP contribution in [0.5, 0.6) is 0 Å². The largest absolute Gasteiger partial charge is 0.232 e. The van der Waals surface area contributed by atoms with E-state index in [9.17, 15) is 10.5 Å². The Kier molecular flexibility index (Phi) is 4.40. The quantitative estimate of drug-likeness (QED) is 0.335. The topological polar surface area (TPSA) is 73.4 Å². The minimum Gasteiger partial charge on any atom is -0.232 e. The first-order valence-electron chi connectivity index (χ1n) is 9.90. The molecule has 5 aromatic rings. The number of hydrogen-bond donors (Lipinski definition) is 0. The highest BCUT2D eigenvalue weighted by molar-refractivity contribution is 6.19. The monoisotopic (exact) mass is 396 g/mol. The number of rotatable bonds is 2. The van der Waals surface area contributed by atoms with Gasteiger partial charge in [0.25, 0.3) is 0 Å². The van der Waals surface area contributed by atoms with Crippen molar-refractivity contribution >= 4 is 21.8 Å². The van der Waals surface area contributed by atoms with E-state index in [1.165, 1.54) is 0 Å². The predicted molar refractivity (Wildman–Crippen MR) is 122 cm³/mol. The van der Waals surface area contributed by atoms with E-state index < -0.39 is 0 Å². The van der Waals surface area contributed by atoms with E-state index in [0.29, 0.717) is 11.0 Å². The van der Waals surface area contributed by atoms with Crippen LogP contribution < -0.4 is 0 Å². The highest BCUT2D eigenvalue weighted by atomic mass is 14.8. The second kappa shape index (κ2) is 7.37. The van der Waals surface area contributed by atoms with Crippen LogP contribution in [-0.4, -0.2) is 9.97 Å². The van der Waals surface area contributed by atoms with Gasteiger partial charge in [0.2, 0.25) is 0 Å². The van der Waals surface area contributed by atoms with Crippen LogP contribution in [0, 0.1) is 29.6 Å². The van der Waals surface area contributed by atoms with Gasteiger partial charge in [0, 0.05) is 10.9 Å². The van der Waals surface area contributed by atoms with Crippen LogP contribution in [0.25, 0.3) is 44.1 Å². The first-order valence-corrected chi connectivity index (χ1v) is 9.90. The molecule has 144 valence electrons. The number of benzene rings is 4. The summed E-state index contributed by atoms with van der Waals surface area (Å²) in [6.07, 6.45) is 0. The molecule has 0 radical (unpaired) electrons. The number of aromatic nitrogens is 2. The van der Waals surface area contributed by atoms with Crippen molar-refractivity contribution < 1.29 is 0 Å². The van der Waals surface area contributed by atoms with Gasteiger partial charge >= 0.3 is 0 Å². The molecule has 31 heavy (non-hydrogen) atoms. The van der Waals surface area contributed by atoms with E-state index in [-0.39, 0.29) is 11.4 Å². The zero-order valence-electron chi connectivity index (χ0n) is 16.8. The minimum atomic E-state index is 0.0400. The minimum absolute atomic E-state index is 0.0400. The van der Waals surface area contributed by atoms with E-state index in [0.717, 1.165) is 38.6 Å². The van der Waals surface area contributed by atoms with Crippen LogP contribution in [0.3, 0.4) is 0 Å². The van der Waals surface area contributed by atoms with Crippen LogP contribution in [0.1, 0.15) is 17.0 Å². The van der Waals surface area contributed by atoms with Crippen LogP contribution >= 0.6 is 0 Å². The number of nitrogens with zero attached hydrogens (tertiary/aromatic N) is 4. The van der Waals surface area contributed by atoms with Gasteiger partial charge in [-0.25, -0.2) is 9.97 Å². The molecule has 5 rings (SSSR count). The molecular weight excluding hydrogens is 380 g/mol. The number of nitriles is 2. The maximum Gasteiger partial charge on any atom is 0.177 e. The van der Waals surface area contributed by atoms with Crippen molar-refractivity contribution in [3.8, 4) is 34.4 Å². The lowest BCUT2D eigenvalue weighted by molar-refractivity contribution is 1.20. The summed E-state index contributed by atoms with van der Waals surface area (Å²) >= 11 is 0. The van der Waals surface area contributed by atoms with Gasteiger partial charge in [0.05, 0.1) is 11.0 Å². The van der Waals surface area contributed by atoms with E-state index in [2.05, 4.69) is 40.3 Å². The van der Waals surface area contributed by atoms with E-state index in [1.54, 1.807) is 0 Å². The van der Waals surface area contributed by atoms with Crippen molar-refractivity contribution in [3.63, 3.8) is 0 Å². The molecule has 1 aromatic heterocycles. The molecule has 1 heterocycles. The molecule has 0 fully saturated rings. The Morgan fingerprint density at radius 2 is 1.16 bits per heavy atom. The summed E-state index contributed by atoms with van der Waals surface area (Å²) in [6.45, 7) is 2.03. The van der Waals surface area contributed by atoms with Crippen molar-refractivity contribution in [2.75, 3.05) is 0 Å².